The zero-order valence-electron chi connectivity index (χ0n) is 16.4. The van der Waals surface area contributed by atoms with E-state index in [9.17, 15) is 5.11 Å². The van der Waals surface area contributed by atoms with Gasteiger partial charge < -0.3 is 15.0 Å². The Kier molecular flexibility index (Phi) is 5.41. The zero-order chi connectivity index (χ0) is 20.4. The topological polar surface area (TPSA) is 88.8 Å². The second kappa shape index (κ2) is 8.13. The van der Waals surface area contributed by atoms with E-state index in [0.717, 1.165) is 34.0 Å². The van der Waals surface area contributed by atoms with Crippen molar-refractivity contribution in [2.75, 3.05) is 11.9 Å². The third-order valence-electron chi connectivity index (χ3n) is 4.64. The van der Waals surface area contributed by atoms with Crippen LogP contribution in [-0.4, -0.2) is 36.2 Å². The van der Waals surface area contributed by atoms with E-state index in [4.69, 9.17) is 9.97 Å². The molecule has 0 spiro atoms. The van der Waals surface area contributed by atoms with E-state index in [-0.39, 0.29) is 11.8 Å². The first kappa shape index (κ1) is 19.3. The molecule has 29 heavy (non-hydrogen) atoms. The number of nitrogens with zero attached hydrogens (tertiary/aromatic N) is 5. The van der Waals surface area contributed by atoms with Crippen LogP contribution in [0.4, 0.5) is 5.82 Å². The van der Waals surface area contributed by atoms with Crippen molar-refractivity contribution in [3.63, 3.8) is 0 Å². The Morgan fingerprint density at radius 3 is 2.66 bits per heavy atom. The van der Waals surface area contributed by atoms with Crippen molar-refractivity contribution in [1.82, 2.24) is 24.5 Å². The number of fused-ring (bicyclic) bond motifs is 1. The predicted octanol–water partition coefficient (Wildman–Crippen LogP) is 3.33. The van der Waals surface area contributed by atoms with Gasteiger partial charge in [0.15, 0.2) is 17.3 Å². The molecule has 3 aromatic heterocycles. The van der Waals surface area contributed by atoms with Gasteiger partial charge >= 0.3 is 0 Å². The summed E-state index contributed by atoms with van der Waals surface area (Å²) < 4.78 is 2.05. The number of benzene rings is 1. The minimum atomic E-state index is 0.235. The summed E-state index contributed by atoms with van der Waals surface area (Å²) in [5.74, 6) is 1.59. The molecule has 0 amide bonds. The summed E-state index contributed by atoms with van der Waals surface area (Å²) in [5, 5.41) is 13.8. The first-order chi connectivity index (χ1) is 14.0. The molecule has 1 aromatic carbocycles. The maximum atomic E-state index is 9.43. The van der Waals surface area contributed by atoms with E-state index in [1.165, 1.54) is 0 Å². The molecule has 2 N–H and O–H groups in total. The Hall–Kier alpha value is -3.05. The van der Waals surface area contributed by atoms with Crippen LogP contribution in [0.3, 0.4) is 0 Å². The minimum absolute atomic E-state index is 0.235. The molecule has 3 heterocycles. The average molecular weight is 406 g/mol. The molecule has 7 nitrogen and oxygen atoms in total. The number of hydrogen-bond donors (Lipinski definition) is 2. The van der Waals surface area contributed by atoms with Gasteiger partial charge in [-0.2, -0.15) is 0 Å². The quantitative estimate of drug-likeness (QED) is 0.478. The van der Waals surface area contributed by atoms with Crippen LogP contribution >= 0.6 is 9.24 Å². The van der Waals surface area contributed by atoms with Gasteiger partial charge in [0.05, 0.1) is 6.33 Å². The van der Waals surface area contributed by atoms with Crippen LogP contribution in [-0.2, 0) is 6.42 Å². The Labute approximate surface area is 171 Å². The maximum Gasteiger partial charge on any atom is 0.166 e. The van der Waals surface area contributed by atoms with E-state index in [1.807, 2.05) is 29.1 Å². The molecule has 1 atom stereocenters. The van der Waals surface area contributed by atoms with Crippen molar-refractivity contribution in [3.05, 3.63) is 54.6 Å². The highest BCUT2D eigenvalue weighted by Gasteiger charge is 2.16. The molecule has 0 fully saturated rings. The first-order valence-corrected chi connectivity index (χ1v) is 10.1. The molecule has 4 rings (SSSR count). The molecule has 8 heteroatoms. The Morgan fingerprint density at radius 1 is 1.14 bits per heavy atom. The standard InChI is InChI=1S/C21H23N6OP/c1-13(2)27-12-24-18-20(23-8-7-14-3-5-16(28)6-4-14)25-19(26-21(18)27)15-9-17(29)11-22-10-15/h3-6,9-13,28H,7-8,29H2,1-2H3,(H,23,25,26). The number of aromatic nitrogens is 5. The molecule has 0 saturated heterocycles. The molecule has 0 saturated carbocycles. The second-order valence-corrected chi connectivity index (χ2v) is 7.83. The average Bonchev–Trinajstić information content (AvgIpc) is 3.14. The fourth-order valence-corrected chi connectivity index (χ4v) is 3.38. The monoisotopic (exact) mass is 406 g/mol. The lowest BCUT2D eigenvalue weighted by Gasteiger charge is -2.11. The van der Waals surface area contributed by atoms with Gasteiger partial charge in [-0.25, -0.2) is 15.0 Å². The summed E-state index contributed by atoms with van der Waals surface area (Å²) in [6.07, 6.45) is 6.16. The van der Waals surface area contributed by atoms with Crippen LogP contribution in [0.5, 0.6) is 5.75 Å². The molecule has 0 bridgehead atoms. The lowest BCUT2D eigenvalue weighted by Crippen LogP contribution is -2.09. The van der Waals surface area contributed by atoms with Crippen LogP contribution in [0.25, 0.3) is 22.6 Å². The molecule has 0 aliphatic rings. The second-order valence-electron chi connectivity index (χ2n) is 7.16. The van der Waals surface area contributed by atoms with Gasteiger partial charge in [-0.3, -0.25) is 4.98 Å². The maximum absolute atomic E-state index is 9.43. The van der Waals surface area contributed by atoms with Crippen molar-refractivity contribution in [1.29, 1.82) is 0 Å². The van der Waals surface area contributed by atoms with Gasteiger partial charge in [0, 0.05) is 30.5 Å². The number of phenols is 1. The number of pyridine rings is 1. The summed E-state index contributed by atoms with van der Waals surface area (Å²) >= 11 is 0. The van der Waals surface area contributed by atoms with Gasteiger partial charge in [-0.05, 0) is 49.3 Å². The third-order valence-corrected chi connectivity index (χ3v) is 4.95. The van der Waals surface area contributed by atoms with Gasteiger partial charge in [0.25, 0.3) is 0 Å². The molecule has 0 radical (unpaired) electrons. The lowest BCUT2D eigenvalue weighted by atomic mass is 10.1. The van der Waals surface area contributed by atoms with E-state index in [2.05, 4.69) is 38.4 Å². The van der Waals surface area contributed by atoms with Gasteiger partial charge in [-0.1, -0.05) is 12.1 Å². The van der Waals surface area contributed by atoms with Crippen molar-refractivity contribution in [2.45, 2.75) is 26.3 Å². The fraction of sp³-hybridized carbons (Fsp3) is 0.238. The number of nitrogens with one attached hydrogen (secondary N) is 1. The molecule has 4 aromatic rings. The molecule has 0 aliphatic heterocycles. The summed E-state index contributed by atoms with van der Waals surface area (Å²) in [6.45, 7) is 4.89. The summed E-state index contributed by atoms with van der Waals surface area (Å²) in [6, 6.07) is 9.46. The van der Waals surface area contributed by atoms with Gasteiger partial charge in [0.2, 0.25) is 0 Å². The highest BCUT2D eigenvalue weighted by atomic mass is 31.0. The Morgan fingerprint density at radius 2 is 1.93 bits per heavy atom. The SMILES string of the molecule is CC(C)n1cnc2c(NCCc3ccc(O)cc3)nc(-c3cncc(P)c3)nc21. The van der Waals surface area contributed by atoms with Crippen LogP contribution < -0.4 is 10.6 Å². The number of imidazole rings is 1. The molecular formula is C21H23N6OP. The fourth-order valence-electron chi connectivity index (χ4n) is 3.11. The number of anilines is 1. The first-order valence-electron chi connectivity index (χ1n) is 9.48. The number of phenolic OH excluding ortho intramolecular Hbond substituents is 1. The molecule has 148 valence electrons. The van der Waals surface area contributed by atoms with Crippen molar-refractivity contribution in [2.24, 2.45) is 0 Å². The summed E-state index contributed by atoms with van der Waals surface area (Å²) in [4.78, 5) is 18.3. The van der Waals surface area contributed by atoms with Crippen molar-refractivity contribution in [3.8, 4) is 17.1 Å². The minimum Gasteiger partial charge on any atom is -0.508 e. The highest BCUT2D eigenvalue weighted by molar-refractivity contribution is 7.27. The smallest absolute Gasteiger partial charge is 0.166 e. The summed E-state index contributed by atoms with van der Waals surface area (Å²) in [5.41, 5.74) is 3.54. The molecule has 1 unspecified atom stereocenters. The molecular weight excluding hydrogens is 383 g/mol. The van der Waals surface area contributed by atoms with E-state index < -0.39 is 0 Å². The van der Waals surface area contributed by atoms with E-state index in [1.54, 1.807) is 24.5 Å². The van der Waals surface area contributed by atoms with Crippen LogP contribution in [0, 0.1) is 0 Å². The lowest BCUT2D eigenvalue weighted by molar-refractivity contribution is 0.475. The summed E-state index contributed by atoms with van der Waals surface area (Å²) in [7, 11) is 2.65. The van der Waals surface area contributed by atoms with Crippen LogP contribution in [0.15, 0.2) is 49.1 Å². The largest absolute Gasteiger partial charge is 0.508 e. The van der Waals surface area contributed by atoms with Crippen LogP contribution in [0.1, 0.15) is 25.5 Å². The Bertz CT molecular complexity index is 1140. The normalized spacial score (nSPS) is 11.3. The number of hydrogen-bond acceptors (Lipinski definition) is 6. The van der Waals surface area contributed by atoms with E-state index >= 15 is 0 Å². The Balaban J connectivity index is 1.68. The number of rotatable bonds is 6. The predicted molar refractivity (Wildman–Crippen MR) is 119 cm³/mol. The van der Waals surface area contributed by atoms with Gasteiger partial charge in [0.1, 0.15) is 11.3 Å². The zero-order valence-corrected chi connectivity index (χ0v) is 17.5. The van der Waals surface area contributed by atoms with Crippen molar-refractivity contribution < 1.29 is 5.11 Å². The number of aromatic hydroxyl groups is 1. The highest BCUT2D eigenvalue weighted by Crippen LogP contribution is 2.25. The molecule has 0 aliphatic carbocycles. The van der Waals surface area contributed by atoms with Crippen LogP contribution in [0.2, 0.25) is 0 Å². The van der Waals surface area contributed by atoms with E-state index in [0.29, 0.717) is 18.2 Å². The third kappa shape index (κ3) is 4.20. The van der Waals surface area contributed by atoms with Crippen molar-refractivity contribution >= 4 is 31.5 Å². The van der Waals surface area contributed by atoms with Gasteiger partial charge in [-0.15, -0.1) is 9.24 Å².